The maximum absolute atomic E-state index is 13.9. The Morgan fingerprint density at radius 3 is 2.54 bits per heavy atom. The molecule has 0 saturated heterocycles. The number of nitrogens with one attached hydrogen (secondary N) is 1. The molecule has 6 heteroatoms. The Kier molecular flexibility index (Phi) is 4.37. The molecule has 1 N–H and O–H groups in total. The zero-order valence-electron chi connectivity index (χ0n) is 13.0. The second-order valence-electron chi connectivity index (χ2n) is 5.32. The van der Waals surface area contributed by atoms with E-state index in [1.54, 1.807) is 37.3 Å². The summed E-state index contributed by atoms with van der Waals surface area (Å²) < 4.78 is 28.1. The van der Waals surface area contributed by atoms with Gasteiger partial charge in [-0.1, -0.05) is 24.3 Å². The van der Waals surface area contributed by atoms with Crippen LogP contribution in [-0.2, 0) is 6.54 Å². The Hall–Kier alpha value is -3.02. The monoisotopic (exact) mass is 327 g/mol. The Bertz CT molecular complexity index is 872. The van der Waals surface area contributed by atoms with E-state index in [1.165, 1.54) is 29.1 Å². The molecule has 0 unspecified atom stereocenters. The largest absolute Gasteiger partial charge is 0.348 e. The quantitative estimate of drug-likeness (QED) is 0.798. The van der Waals surface area contributed by atoms with E-state index >= 15 is 0 Å². The Labute approximate surface area is 137 Å². The van der Waals surface area contributed by atoms with Gasteiger partial charge >= 0.3 is 0 Å². The van der Waals surface area contributed by atoms with Crippen LogP contribution in [0, 0.1) is 18.6 Å². The molecule has 24 heavy (non-hydrogen) atoms. The molecule has 0 atom stereocenters. The number of para-hydroxylation sites is 1. The fourth-order valence-electron chi connectivity index (χ4n) is 2.38. The molecule has 0 aliphatic carbocycles. The smallest absolute Gasteiger partial charge is 0.255 e. The molecule has 3 aromatic rings. The van der Waals surface area contributed by atoms with E-state index < -0.39 is 5.82 Å². The van der Waals surface area contributed by atoms with E-state index in [0.717, 1.165) is 5.56 Å². The van der Waals surface area contributed by atoms with Crippen molar-refractivity contribution < 1.29 is 13.6 Å². The minimum atomic E-state index is -0.415. The lowest BCUT2D eigenvalue weighted by atomic mass is 10.2. The average molecular weight is 327 g/mol. The van der Waals surface area contributed by atoms with E-state index in [9.17, 15) is 13.6 Å². The molecule has 2 aromatic carbocycles. The number of aromatic nitrogens is 2. The van der Waals surface area contributed by atoms with Crippen molar-refractivity contribution >= 4 is 5.91 Å². The number of rotatable bonds is 4. The highest BCUT2D eigenvalue weighted by Crippen LogP contribution is 2.17. The summed E-state index contributed by atoms with van der Waals surface area (Å²) >= 11 is 0. The maximum atomic E-state index is 13.9. The number of amides is 1. The summed E-state index contributed by atoms with van der Waals surface area (Å²) in [6, 6.07) is 12.1. The second kappa shape index (κ2) is 6.62. The van der Waals surface area contributed by atoms with Gasteiger partial charge in [0.1, 0.15) is 17.3 Å². The highest BCUT2D eigenvalue weighted by Gasteiger charge is 2.16. The van der Waals surface area contributed by atoms with Crippen LogP contribution in [0.5, 0.6) is 0 Å². The van der Waals surface area contributed by atoms with Gasteiger partial charge in [0, 0.05) is 6.54 Å². The fourth-order valence-corrected chi connectivity index (χ4v) is 2.38. The molecule has 1 amide bonds. The minimum Gasteiger partial charge on any atom is -0.348 e. The van der Waals surface area contributed by atoms with Gasteiger partial charge in [0.05, 0.1) is 17.5 Å². The first kappa shape index (κ1) is 15.9. The number of hydrogen-bond acceptors (Lipinski definition) is 2. The van der Waals surface area contributed by atoms with Crippen molar-refractivity contribution in [2.75, 3.05) is 0 Å². The molecule has 122 valence electrons. The van der Waals surface area contributed by atoms with Gasteiger partial charge in [-0.05, 0) is 36.8 Å². The van der Waals surface area contributed by atoms with Crippen LogP contribution >= 0.6 is 0 Å². The lowest BCUT2D eigenvalue weighted by molar-refractivity contribution is 0.0950. The number of carbonyl (C=O) groups is 1. The zero-order valence-corrected chi connectivity index (χ0v) is 13.0. The molecular weight excluding hydrogens is 312 g/mol. The molecule has 0 spiro atoms. The highest BCUT2D eigenvalue weighted by atomic mass is 19.1. The van der Waals surface area contributed by atoms with Gasteiger partial charge in [-0.15, -0.1) is 0 Å². The van der Waals surface area contributed by atoms with Crippen LogP contribution in [0.25, 0.3) is 5.69 Å². The highest BCUT2D eigenvalue weighted by molar-refractivity contribution is 5.95. The summed E-state index contributed by atoms with van der Waals surface area (Å²) in [5.74, 6) is -1.06. The summed E-state index contributed by atoms with van der Waals surface area (Å²) in [5, 5.41) is 6.85. The Morgan fingerprint density at radius 1 is 1.12 bits per heavy atom. The summed E-state index contributed by atoms with van der Waals surface area (Å²) in [6.07, 6.45) is 1.40. The molecular formula is C18H15F2N3O. The summed E-state index contributed by atoms with van der Waals surface area (Å²) in [6.45, 7) is 1.97. The molecule has 4 nitrogen and oxygen atoms in total. The van der Waals surface area contributed by atoms with Crippen molar-refractivity contribution in [3.8, 4) is 5.69 Å². The predicted octanol–water partition coefficient (Wildman–Crippen LogP) is 3.39. The number of carbonyl (C=O) groups excluding carboxylic acids is 1. The van der Waals surface area contributed by atoms with Crippen LogP contribution in [0.2, 0.25) is 0 Å². The van der Waals surface area contributed by atoms with E-state index in [1.807, 2.05) is 0 Å². The van der Waals surface area contributed by atoms with Crippen LogP contribution < -0.4 is 5.32 Å². The standard InChI is InChI=1S/C18H15F2N3O/c1-12-15(11-22-23(12)17-5-3-2-4-16(17)20)18(24)21-10-13-6-8-14(19)9-7-13/h2-9,11H,10H2,1H3,(H,21,24). The van der Waals surface area contributed by atoms with Gasteiger partial charge in [-0.3, -0.25) is 4.79 Å². The van der Waals surface area contributed by atoms with E-state index in [2.05, 4.69) is 10.4 Å². The number of nitrogens with zero attached hydrogens (tertiary/aromatic N) is 2. The topological polar surface area (TPSA) is 46.9 Å². The molecule has 0 aliphatic rings. The molecule has 3 rings (SSSR count). The Balaban J connectivity index is 1.77. The van der Waals surface area contributed by atoms with Crippen LogP contribution in [-0.4, -0.2) is 15.7 Å². The normalized spacial score (nSPS) is 10.6. The first-order chi connectivity index (χ1) is 11.6. The van der Waals surface area contributed by atoms with Crippen molar-refractivity contribution in [3.63, 3.8) is 0 Å². The SMILES string of the molecule is Cc1c(C(=O)NCc2ccc(F)cc2)cnn1-c1ccccc1F. The molecule has 1 aromatic heterocycles. The predicted molar refractivity (Wildman–Crippen MR) is 85.8 cm³/mol. The molecule has 0 bridgehead atoms. The third-order valence-corrected chi connectivity index (χ3v) is 3.70. The first-order valence-corrected chi connectivity index (χ1v) is 7.38. The van der Waals surface area contributed by atoms with Crippen molar-refractivity contribution in [3.05, 3.63) is 83.2 Å². The van der Waals surface area contributed by atoms with Gasteiger partial charge in [-0.25, -0.2) is 13.5 Å². The zero-order chi connectivity index (χ0) is 17.1. The van der Waals surface area contributed by atoms with E-state index in [-0.39, 0.29) is 24.0 Å². The summed E-state index contributed by atoms with van der Waals surface area (Å²) in [5.41, 5.74) is 1.97. The lowest BCUT2D eigenvalue weighted by Crippen LogP contribution is -2.23. The molecule has 1 heterocycles. The number of halogens is 2. The average Bonchev–Trinajstić information content (AvgIpc) is 2.96. The van der Waals surface area contributed by atoms with Crippen molar-refractivity contribution in [1.82, 2.24) is 15.1 Å². The molecule has 0 saturated carbocycles. The summed E-state index contributed by atoms with van der Waals surface area (Å²) in [4.78, 5) is 12.3. The lowest BCUT2D eigenvalue weighted by Gasteiger charge is -2.07. The van der Waals surface area contributed by atoms with E-state index in [0.29, 0.717) is 11.3 Å². The van der Waals surface area contributed by atoms with Gasteiger partial charge in [0.15, 0.2) is 0 Å². The van der Waals surface area contributed by atoms with Crippen LogP contribution in [0.1, 0.15) is 21.6 Å². The van der Waals surface area contributed by atoms with Crippen LogP contribution in [0.4, 0.5) is 8.78 Å². The third kappa shape index (κ3) is 3.17. The van der Waals surface area contributed by atoms with Crippen LogP contribution in [0.15, 0.2) is 54.7 Å². The second-order valence-corrected chi connectivity index (χ2v) is 5.32. The molecule has 0 radical (unpaired) electrons. The summed E-state index contributed by atoms with van der Waals surface area (Å²) in [7, 11) is 0. The minimum absolute atomic E-state index is 0.267. The van der Waals surface area contributed by atoms with Crippen molar-refractivity contribution in [1.29, 1.82) is 0 Å². The fraction of sp³-hybridized carbons (Fsp3) is 0.111. The van der Waals surface area contributed by atoms with E-state index in [4.69, 9.17) is 0 Å². The van der Waals surface area contributed by atoms with Gasteiger partial charge in [0.25, 0.3) is 5.91 Å². The maximum Gasteiger partial charge on any atom is 0.255 e. The molecule has 0 fully saturated rings. The number of benzene rings is 2. The third-order valence-electron chi connectivity index (χ3n) is 3.70. The van der Waals surface area contributed by atoms with Gasteiger partial charge < -0.3 is 5.32 Å². The molecule has 0 aliphatic heterocycles. The van der Waals surface area contributed by atoms with Crippen molar-refractivity contribution in [2.45, 2.75) is 13.5 Å². The Morgan fingerprint density at radius 2 is 1.83 bits per heavy atom. The van der Waals surface area contributed by atoms with Crippen LogP contribution in [0.3, 0.4) is 0 Å². The van der Waals surface area contributed by atoms with Crippen molar-refractivity contribution in [2.24, 2.45) is 0 Å². The number of hydrogen-bond donors (Lipinski definition) is 1. The first-order valence-electron chi connectivity index (χ1n) is 7.38. The van der Waals surface area contributed by atoms with Gasteiger partial charge in [-0.2, -0.15) is 5.10 Å². The van der Waals surface area contributed by atoms with Gasteiger partial charge in [0.2, 0.25) is 0 Å².